The van der Waals surface area contributed by atoms with E-state index in [1.54, 1.807) is 0 Å². The molecule has 1 aromatic heterocycles. The predicted molar refractivity (Wildman–Crippen MR) is 100 cm³/mol. The molecular formula is C19H30N4O3. The Hall–Kier alpha value is -1.89. The molecule has 0 saturated carbocycles. The molecule has 1 aromatic rings. The number of rotatable bonds is 4. The van der Waals surface area contributed by atoms with Gasteiger partial charge in [-0.3, -0.25) is 14.6 Å². The van der Waals surface area contributed by atoms with E-state index >= 15 is 0 Å². The van der Waals surface area contributed by atoms with Crippen LogP contribution < -0.4 is 10.5 Å². The van der Waals surface area contributed by atoms with Crippen molar-refractivity contribution in [2.24, 2.45) is 11.8 Å². The number of ether oxygens (including phenoxy) is 1. The normalized spacial score (nSPS) is 24.0. The van der Waals surface area contributed by atoms with Gasteiger partial charge in [-0.1, -0.05) is 13.8 Å². The van der Waals surface area contributed by atoms with Gasteiger partial charge >= 0.3 is 0 Å². The van der Waals surface area contributed by atoms with Gasteiger partial charge in [0.15, 0.2) is 0 Å². The predicted octanol–water partition coefficient (Wildman–Crippen LogP) is 1.35. The fourth-order valence-corrected chi connectivity index (χ4v) is 4.07. The van der Waals surface area contributed by atoms with Crippen LogP contribution in [0.3, 0.4) is 0 Å². The highest BCUT2D eigenvalue weighted by Crippen LogP contribution is 2.22. The van der Waals surface area contributed by atoms with Gasteiger partial charge in [-0.15, -0.1) is 0 Å². The molecule has 0 aromatic carbocycles. The molecule has 2 aliphatic heterocycles. The monoisotopic (exact) mass is 362 g/mol. The lowest BCUT2D eigenvalue weighted by molar-refractivity contribution is -0.133. The summed E-state index contributed by atoms with van der Waals surface area (Å²) in [6, 6.07) is 0. The van der Waals surface area contributed by atoms with Crippen LogP contribution in [-0.2, 0) is 16.0 Å². The molecule has 2 unspecified atom stereocenters. The van der Waals surface area contributed by atoms with Gasteiger partial charge < -0.3 is 14.5 Å². The molecule has 3 heterocycles. The van der Waals surface area contributed by atoms with Crippen LogP contribution >= 0.6 is 0 Å². The quantitative estimate of drug-likeness (QED) is 0.875. The van der Waals surface area contributed by atoms with Crippen LogP contribution in [0.4, 0.5) is 5.95 Å². The third kappa shape index (κ3) is 4.44. The zero-order valence-corrected chi connectivity index (χ0v) is 16.1. The lowest BCUT2D eigenvalue weighted by Crippen LogP contribution is -2.42. The molecule has 1 amide bonds. The van der Waals surface area contributed by atoms with Gasteiger partial charge in [0.1, 0.15) is 0 Å². The van der Waals surface area contributed by atoms with Crippen molar-refractivity contribution in [3.63, 3.8) is 0 Å². The smallest absolute Gasteiger partial charge is 0.255 e. The summed E-state index contributed by atoms with van der Waals surface area (Å²) in [5.41, 5.74) is 1.20. The van der Waals surface area contributed by atoms with Crippen molar-refractivity contribution < 1.29 is 9.53 Å². The van der Waals surface area contributed by atoms with E-state index in [-0.39, 0.29) is 11.5 Å². The standard InChI is InChI=1S/C19H30N4O3/c1-13-10-14(2)12-23(11-13)17(24)5-4-16-15(3)20-19(21-18(16)25)22-6-8-26-9-7-22/h13-14H,4-12H2,1-3H3,(H,20,21,25). The van der Waals surface area contributed by atoms with E-state index in [9.17, 15) is 9.59 Å². The Balaban J connectivity index is 1.64. The highest BCUT2D eigenvalue weighted by Gasteiger charge is 2.25. The van der Waals surface area contributed by atoms with Crippen molar-refractivity contribution in [1.29, 1.82) is 0 Å². The fourth-order valence-electron chi connectivity index (χ4n) is 4.07. The number of morpholine rings is 1. The number of anilines is 1. The Morgan fingerprint density at radius 2 is 1.88 bits per heavy atom. The van der Waals surface area contributed by atoms with E-state index < -0.39 is 0 Å². The lowest BCUT2D eigenvalue weighted by atomic mass is 9.91. The van der Waals surface area contributed by atoms with E-state index in [4.69, 9.17) is 4.74 Å². The first-order valence-electron chi connectivity index (χ1n) is 9.64. The van der Waals surface area contributed by atoms with E-state index in [1.807, 2.05) is 16.7 Å². The van der Waals surface area contributed by atoms with E-state index in [1.165, 1.54) is 6.42 Å². The maximum absolute atomic E-state index is 12.6. The summed E-state index contributed by atoms with van der Waals surface area (Å²) in [5, 5.41) is 0. The number of nitrogens with one attached hydrogen (secondary N) is 1. The number of H-pyrrole nitrogens is 1. The zero-order chi connectivity index (χ0) is 18.7. The van der Waals surface area contributed by atoms with Crippen molar-refractivity contribution in [2.75, 3.05) is 44.3 Å². The van der Waals surface area contributed by atoms with Crippen molar-refractivity contribution in [3.05, 3.63) is 21.6 Å². The summed E-state index contributed by atoms with van der Waals surface area (Å²) < 4.78 is 5.34. The molecule has 7 nitrogen and oxygen atoms in total. The molecule has 0 radical (unpaired) electrons. The van der Waals surface area contributed by atoms with Gasteiger partial charge in [-0.25, -0.2) is 4.98 Å². The van der Waals surface area contributed by atoms with Crippen molar-refractivity contribution >= 4 is 11.9 Å². The Kier molecular flexibility index (Phi) is 5.96. The van der Waals surface area contributed by atoms with Crippen molar-refractivity contribution in [2.45, 2.75) is 40.0 Å². The molecule has 2 fully saturated rings. The number of piperidine rings is 1. The minimum Gasteiger partial charge on any atom is -0.378 e. The SMILES string of the molecule is Cc1nc(N2CCOCC2)[nH]c(=O)c1CCC(=O)N1CC(C)CC(C)C1. The van der Waals surface area contributed by atoms with E-state index in [0.29, 0.717) is 55.1 Å². The van der Waals surface area contributed by atoms with Gasteiger partial charge in [0.25, 0.3) is 5.56 Å². The Morgan fingerprint density at radius 3 is 2.50 bits per heavy atom. The molecule has 0 aliphatic carbocycles. The number of amides is 1. The maximum atomic E-state index is 12.6. The summed E-state index contributed by atoms with van der Waals surface area (Å²) >= 11 is 0. The number of hydrogen-bond donors (Lipinski definition) is 1. The fraction of sp³-hybridized carbons (Fsp3) is 0.737. The highest BCUT2D eigenvalue weighted by atomic mass is 16.5. The molecule has 7 heteroatoms. The van der Waals surface area contributed by atoms with Gasteiger partial charge in [0.05, 0.1) is 13.2 Å². The number of nitrogens with zero attached hydrogens (tertiary/aromatic N) is 3. The average Bonchev–Trinajstić information content (AvgIpc) is 2.60. The van der Waals surface area contributed by atoms with E-state index in [2.05, 4.69) is 23.8 Å². The van der Waals surface area contributed by atoms with Gasteiger partial charge in [0, 0.05) is 43.9 Å². The van der Waals surface area contributed by atoms with Crippen molar-refractivity contribution in [3.8, 4) is 0 Å². The number of carbonyl (C=O) groups is 1. The first kappa shape index (κ1) is 18.9. The largest absolute Gasteiger partial charge is 0.378 e. The second-order valence-corrected chi connectivity index (χ2v) is 7.80. The molecule has 26 heavy (non-hydrogen) atoms. The van der Waals surface area contributed by atoms with Gasteiger partial charge in [0.2, 0.25) is 11.9 Å². The summed E-state index contributed by atoms with van der Waals surface area (Å²) in [6.45, 7) is 10.6. The average molecular weight is 362 g/mol. The minimum absolute atomic E-state index is 0.132. The summed E-state index contributed by atoms with van der Waals surface area (Å²) in [4.78, 5) is 36.5. The van der Waals surface area contributed by atoms with Crippen LogP contribution in [0.1, 0.15) is 37.9 Å². The first-order chi connectivity index (χ1) is 12.4. The van der Waals surface area contributed by atoms with E-state index in [0.717, 1.165) is 26.2 Å². The number of aromatic amines is 1. The lowest BCUT2D eigenvalue weighted by Gasteiger charge is -2.35. The molecule has 0 spiro atoms. The summed E-state index contributed by atoms with van der Waals surface area (Å²) in [7, 11) is 0. The Labute approximate surface area is 154 Å². The first-order valence-corrected chi connectivity index (χ1v) is 9.64. The molecule has 2 atom stereocenters. The number of hydrogen-bond acceptors (Lipinski definition) is 5. The minimum atomic E-state index is -0.132. The summed E-state index contributed by atoms with van der Waals surface area (Å²) in [6.07, 6.45) is 1.98. The number of aromatic nitrogens is 2. The third-order valence-corrected chi connectivity index (χ3v) is 5.33. The highest BCUT2D eigenvalue weighted by molar-refractivity contribution is 5.76. The molecule has 1 N–H and O–H groups in total. The summed E-state index contributed by atoms with van der Waals surface area (Å²) in [5.74, 6) is 1.83. The molecular weight excluding hydrogens is 332 g/mol. The van der Waals surface area contributed by atoms with Crippen LogP contribution in [0.25, 0.3) is 0 Å². The molecule has 144 valence electrons. The van der Waals surface area contributed by atoms with Crippen LogP contribution in [0, 0.1) is 18.8 Å². The molecule has 0 bridgehead atoms. The molecule has 2 saturated heterocycles. The third-order valence-electron chi connectivity index (χ3n) is 5.33. The molecule has 2 aliphatic rings. The second-order valence-electron chi connectivity index (χ2n) is 7.80. The second kappa shape index (κ2) is 8.20. The van der Waals surface area contributed by atoms with Crippen LogP contribution in [0.15, 0.2) is 4.79 Å². The zero-order valence-electron chi connectivity index (χ0n) is 16.1. The number of aryl methyl sites for hydroxylation is 1. The van der Waals surface area contributed by atoms with Crippen molar-refractivity contribution in [1.82, 2.24) is 14.9 Å². The number of carbonyl (C=O) groups excluding carboxylic acids is 1. The molecule has 3 rings (SSSR count). The van der Waals surface area contributed by atoms with Crippen LogP contribution in [-0.4, -0.2) is 60.2 Å². The van der Waals surface area contributed by atoms with Crippen LogP contribution in [0.2, 0.25) is 0 Å². The van der Waals surface area contributed by atoms with Crippen LogP contribution in [0.5, 0.6) is 0 Å². The Morgan fingerprint density at radius 1 is 1.23 bits per heavy atom. The maximum Gasteiger partial charge on any atom is 0.255 e. The number of likely N-dealkylation sites (tertiary alicyclic amines) is 1. The van der Waals surface area contributed by atoms with Gasteiger partial charge in [-0.05, 0) is 31.6 Å². The Bertz CT molecular complexity index is 687. The topological polar surface area (TPSA) is 78.5 Å². The van der Waals surface area contributed by atoms with Gasteiger partial charge in [-0.2, -0.15) is 0 Å².